The van der Waals surface area contributed by atoms with Crippen LogP contribution in [-0.2, 0) is 4.74 Å². The van der Waals surface area contributed by atoms with E-state index in [1.807, 2.05) is 0 Å². The van der Waals surface area contributed by atoms with Crippen LogP contribution in [0.5, 0.6) is 0 Å². The Kier molecular flexibility index (Phi) is 4.79. The van der Waals surface area contributed by atoms with Crippen molar-refractivity contribution in [3.8, 4) is 0 Å². The molecule has 0 bridgehead atoms. The average molecular weight is 143 g/mol. The first-order chi connectivity index (χ1) is 4.56. The van der Waals surface area contributed by atoms with E-state index in [9.17, 15) is 0 Å². The van der Waals surface area contributed by atoms with Gasteiger partial charge in [0.15, 0.2) is 0 Å². The molecule has 0 aliphatic heterocycles. The van der Waals surface area contributed by atoms with Gasteiger partial charge in [0.05, 0.1) is 0 Å². The lowest BCUT2D eigenvalue weighted by Gasteiger charge is -2.22. The largest absolute Gasteiger partial charge is 0.419 e. The van der Waals surface area contributed by atoms with Crippen molar-refractivity contribution in [2.75, 3.05) is 13.1 Å². The molecule has 0 spiro atoms. The fourth-order valence-electron chi connectivity index (χ4n) is 0.683. The van der Waals surface area contributed by atoms with Gasteiger partial charge in [0.2, 0.25) is 0 Å². The molecule has 62 valence electrons. The molecule has 0 radical (unpaired) electrons. The second-order valence-corrected chi connectivity index (χ2v) is 4.39. The van der Waals surface area contributed by atoms with E-state index in [1.165, 1.54) is 12.8 Å². The number of rotatable bonds is 5. The van der Waals surface area contributed by atoms with E-state index < -0.39 is 0 Å². The van der Waals surface area contributed by atoms with Gasteiger partial charge in [-0.05, 0) is 6.42 Å². The SMILES string of the molecule is CCCCOC[B-](C)(C)C. The molecule has 0 saturated carbocycles. The van der Waals surface area contributed by atoms with Crippen LogP contribution in [0.1, 0.15) is 19.8 Å². The highest BCUT2D eigenvalue weighted by molar-refractivity contribution is 6.76. The van der Waals surface area contributed by atoms with E-state index in [0.29, 0.717) is 0 Å². The van der Waals surface area contributed by atoms with Crippen LogP contribution < -0.4 is 0 Å². The molecule has 1 nitrogen and oxygen atoms in total. The summed E-state index contributed by atoms with van der Waals surface area (Å²) in [5, 5.41) is 0. The third kappa shape index (κ3) is 8.02. The summed E-state index contributed by atoms with van der Waals surface area (Å²) in [5.74, 6) is 0. The van der Waals surface area contributed by atoms with Gasteiger partial charge in [0, 0.05) is 12.8 Å². The van der Waals surface area contributed by atoms with Gasteiger partial charge in [-0.15, -0.1) is 0 Å². The Labute approximate surface area is 65.1 Å². The molecular formula is C8H20BO-. The highest BCUT2D eigenvalue weighted by Crippen LogP contribution is 2.00. The Balaban J connectivity index is 3.04. The Hall–Kier alpha value is 0.0249. The van der Waals surface area contributed by atoms with Crippen molar-refractivity contribution >= 4 is 6.15 Å². The smallest absolute Gasteiger partial charge is 0.0421 e. The fourth-order valence-corrected chi connectivity index (χ4v) is 0.683. The maximum Gasteiger partial charge on any atom is 0.0421 e. The van der Waals surface area contributed by atoms with Gasteiger partial charge in [0.25, 0.3) is 0 Å². The zero-order chi connectivity index (χ0) is 8.04. The third-order valence-electron chi connectivity index (χ3n) is 1.26. The normalized spacial score (nSPS) is 12.0. The van der Waals surface area contributed by atoms with Crippen molar-refractivity contribution in [3.63, 3.8) is 0 Å². The van der Waals surface area contributed by atoms with Crippen LogP contribution >= 0.6 is 0 Å². The van der Waals surface area contributed by atoms with Crippen molar-refractivity contribution in [1.82, 2.24) is 0 Å². The minimum atomic E-state index is -0.238. The Morgan fingerprint density at radius 2 is 1.80 bits per heavy atom. The lowest BCUT2D eigenvalue weighted by Crippen LogP contribution is -2.28. The van der Waals surface area contributed by atoms with Crippen LogP contribution in [0, 0.1) is 0 Å². The summed E-state index contributed by atoms with van der Waals surface area (Å²) in [4.78, 5) is 0. The van der Waals surface area contributed by atoms with Crippen LogP contribution in [0.2, 0.25) is 20.5 Å². The molecule has 0 aromatic rings. The summed E-state index contributed by atoms with van der Waals surface area (Å²) < 4.78 is 5.47. The molecule has 0 aliphatic rings. The maximum atomic E-state index is 5.47. The van der Waals surface area contributed by atoms with E-state index in [-0.39, 0.29) is 6.15 Å². The quantitative estimate of drug-likeness (QED) is 0.424. The van der Waals surface area contributed by atoms with Crippen LogP contribution in [-0.4, -0.2) is 19.3 Å². The summed E-state index contributed by atoms with van der Waals surface area (Å²) in [6, 6.07) is 0. The van der Waals surface area contributed by atoms with Crippen molar-refractivity contribution < 1.29 is 4.74 Å². The first-order valence-electron chi connectivity index (χ1n) is 4.42. The standard InChI is InChI=1S/C8H20BO/c1-5-6-7-10-8-9(2,3)4/h5-8H2,1-4H3/q-1. The molecule has 0 heterocycles. The van der Waals surface area contributed by atoms with Gasteiger partial charge in [-0.1, -0.05) is 19.9 Å². The number of hydrogen-bond donors (Lipinski definition) is 0. The van der Waals surface area contributed by atoms with E-state index in [2.05, 4.69) is 27.4 Å². The van der Waals surface area contributed by atoms with Gasteiger partial charge >= 0.3 is 0 Å². The third-order valence-corrected chi connectivity index (χ3v) is 1.26. The van der Waals surface area contributed by atoms with Crippen LogP contribution in [0.4, 0.5) is 0 Å². The van der Waals surface area contributed by atoms with Crippen LogP contribution in [0.25, 0.3) is 0 Å². The van der Waals surface area contributed by atoms with Crippen molar-refractivity contribution in [3.05, 3.63) is 0 Å². The molecular weight excluding hydrogens is 123 g/mol. The zero-order valence-corrected chi connectivity index (χ0v) is 7.81. The Morgan fingerprint density at radius 1 is 1.20 bits per heavy atom. The predicted octanol–water partition coefficient (Wildman–Crippen LogP) is 2.68. The molecule has 0 rings (SSSR count). The van der Waals surface area contributed by atoms with Crippen LogP contribution in [0.3, 0.4) is 0 Å². The average Bonchev–Trinajstić information content (AvgIpc) is 1.78. The van der Waals surface area contributed by atoms with Gasteiger partial charge in [-0.2, -0.15) is 20.5 Å². The number of hydrogen-bond acceptors (Lipinski definition) is 1. The topological polar surface area (TPSA) is 9.23 Å². The van der Waals surface area contributed by atoms with Gasteiger partial charge < -0.3 is 4.74 Å². The highest BCUT2D eigenvalue weighted by atomic mass is 16.5. The Morgan fingerprint density at radius 3 is 2.20 bits per heavy atom. The molecule has 0 fully saturated rings. The fraction of sp³-hybridized carbons (Fsp3) is 1.00. The molecule has 0 aromatic heterocycles. The second-order valence-electron chi connectivity index (χ2n) is 4.39. The highest BCUT2D eigenvalue weighted by Gasteiger charge is 2.04. The summed E-state index contributed by atoms with van der Waals surface area (Å²) in [5.41, 5.74) is 0. The minimum Gasteiger partial charge on any atom is -0.419 e. The van der Waals surface area contributed by atoms with E-state index in [1.54, 1.807) is 0 Å². The summed E-state index contributed by atoms with van der Waals surface area (Å²) >= 11 is 0. The molecule has 0 atom stereocenters. The first-order valence-corrected chi connectivity index (χ1v) is 4.42. The van der Waals surface area contributed by atoms with Crippen LogP contribution in [0.15, 0.2) is 0 Å². The zero-order valence-electron chi connectivity index (χ0n) is 7.81. The summed E-state index contributed by atoms with van der Waals surface area (Å²) in [6.07, 6.45) is 2.20. The monoisotopic (exact) mass is 143 g/mol. The minimum absolute atomic E-state index is 0.238. The molecule has 2 heteroatoms. The van der Waals surface area contributed by atoms with E-state index in [0.717, 1.165) is 13.1 Å². The second kappa shape index (κ2) is 4.78. The lowest BCUT2D eigenvalue weighted by atomic mass is 9.31. The molecule has 0 aromatic carbocycles. The van der Waals surface area contributed by atoms with E-state index in [4.69, 9.17) is 4.74 Å². The van der Waals surface area contributed by atoms with Gasteiger partial charge in [0.1, 0.15) is 0 Å². The Bertz CT molecular complexity index is 75.8. The lowest BCUT2D eigenvalue weighted by molar-refractivity contribution is 0.169. The van der Waals surface area contributed by atoms with Crippen molar-refractivity contribution in [1.29, 1.82) is 0 Å². The van der Waals surface area contributed by atoms with Crippen molar-refractivity contribution in [2.24, 2.45) is 0 Å². The molecule has 0 saturated heterocycles. The van der Waals surface area contributed by atoms with Gasteiger partial charge in [-0.3, -0.25) is 0 Å². The molecule has 0 unspecified atom stereocenters. The number of ether oxygens (including phenoxy) is 1. The summed E-state index contributed by atoms with van der Waals surface area (Å²) in [7, 11) is 0. The summed E-state index contributed by atoms with van der Waals surface area (Å²) in [6.45, 7) is 10.8. The number of unbranched alkanes of at least 4 members (excludes halogenated alkanes) is 1. The maximum absolute atomic E-state index is 5.47. The first kappa shape index (κ1) is 10.0. The van der Waals surface area contributed by atoms with E-state index >= 15 is 0 Å². The molecule has 0 N–H and O–H groups in total. The van der Waals surface area contributed by atoms with Gasteiger partial charge in [-0.25, -0.2) is 0 Å². The molecule has 0 aliphatic carbocycles. The molecule has 10 heavy (non-hydrogen) atoms. The predicted molar refractivity (Wildman–Crippen MR) is 49.1 cm³/mol. The van der Waals surface area contributed by atoms with Crippen molar-refractivity contribution in [2.45, 2.75) is 40.2 Å². The molecule has 0 amide bonds.